The van der Waals surface area contributed by atoms with Crippen LogP contribution in [0.2, 0.25) is 0 Å². The molecule has 1 N–H and O–H groups in total. The fourth-order valence-corrected chi connectivity index (χ4v) is 5.21. The minimum Gasteiger partial charge on any atom is -0.478 e. The smallest absolute Gasteiger partial charge is 0.478 e. The average molecular weight is 726 g/mol. The highest BCUT2D eigenvalue weighted by Crippen LogP contribution is 2.30. The molecule has 3 heterocycles. The van der Waals surface area contributed by atoms with Crippen LogP contribution in [-0.4, -0.2) is 49.1 Å². The maximum atomic E-state index is 15.5. The van der Waals surface area contributed by atoms with Crippen LogP contribution < -0.4 is 4.74 Å². The van der Waals surface area contributed by atoms with Crippen LogP contribution in [-0.2, 0) is 30.6 Å². The molecule has 0 aliphatic rings. The van der Waals surface area contributed by atoms with Gasteiger partial charge in [-0.2, -0.15) is 9.78 Å². The number of halogens is 6. The van der Waals surface area contributed by atoms with Gasteiger partial charge in [0, 0.05) is 49.0 Å². The van der Waals surface area contributed by atoms with Crippen molar-refractivity contribution in [3.8, 4) is 28.3 Å². The van der Waals surface area contributed by atoms with Crippen molar-refractivity contribution < 1.29 is 45.7 Å². The number of aromatic nitrogens is 5. The van der Waals surface area contributed by atoms with Crippen LogP contribution in [0.25, 0.3) is 33.4 Å². The molecule has 0 spiro atoms. The van der Waals surface area contributed by atoms with Gasteiger partial charge in [0.25, 0.3) is 0 Å². The van der Waals surface area contributed by atoms with Gasteiger partial charge in [-0.25, -0.2) is 27.9 Å². The highest BCUT2D eigenvalue weighted by molar-refractivity contribution is 5.92. The fourth-order valence-electron chi connectivity index (χ4n) is 5.21. The van der Waals surface area contributed by atoms with Crippen molar-refractivity contribution in [3.05, 3.63) is 119 Å². The zero-order valence-electron chi connectivity index (χ0n) is 28.2. The van der Waals surface area contributed by atoms with Crippen molar-refractivity contribution in [1.82, 2.24) is 24.3 Å². The van der Waals surface area contributed by atoms with Gasteiger partial charge in [0.15, 0.2) is 0 Å². The Balaban J connectivity index is 0.00000168. The van der Waals surface area contributed by atoms with Gasteiger partial charge in [-0.1, -0.05) is 38.5 Å². The molecule has 3 aromatic heterocycles. The molecule has 6 aromatic rings. The predicted octanol–water partition coefficient (Wildman–Crippen LogP) is 8.79. The minimum atomic E-state index is -4.70. The molecule has 0 amide bonds. The maximum Gasteiger partial charge on any atom is 0.504 e. The van der Waals surface area contributed by atoms with Crippen molar-refractivity contribution in [2.75, 3.05) is 13.7 Å². The van der Waals surface area contributed by atoms with E-state index < -0.39 is 29.7 Å². The summed E-state index contributed by atoms with van der Waals surface area (Å²) in [4.78, 5) is 20.3. The molecule has 0 unspecified atom stereocenters. The summed E-state index contributed by atoms with van der Waals surface area (Å²) >= 11 is 0. The van der Waals surface area contributed by atoms with E-state index in [2.05, 4.69) is 28.9 Å². The monoisotopic (exact) mass is 725 g/mol. The number of pyridine rings is 1. The first-order valence-corrected chi connectivity index (χ1v) is 16.0. The van der Waals surface area contributed by atoms with Crippen LogP contribution in [0.4, 0.5) is 26.3 Å². The Bertz CT molecular complexity index is 2200. The number of hydrogen-bond donors (Lipinski definition) is 1. The Morgan fingerprint density at radius 1 is 0.885 bits per heavy atom. The summed E-state index contributed by atoms with van der Waals surface area (Å²) in [5, 5.41) is 12.7. The Hall–Kier alpha value is -5.70. The Labute approximate surface area is 294 Å². The fraction of sp³-hybridized carbons (Fsp3) is 0.243. The number of carboxylic acids is 1. The van der Waals surface area contributed by atoms with Crippen LogP contribution in [0.5, 0.6) is 5.88 Å². The van der Waals surface area contributed by atoms with Crippen LogP contribution in [0.1, 0.15) is 47.6 Å². The van der Waals surface area contributed by atoms with Gasteiger partial charge in [0.1, 0.15) is 29.9 Å². The lowest BCUT2D eigenvalue weighted by Crippen LogP contribution is -2.16. The summed E-state index contributed by atoms with van der Waals surface area (Å²) in [6, 6.07) is 14.7. The topological polar surface area (TPSA) is 104 Å². The van der Waals surface area contributed by atoms with Gasteiger partial charge in [0.05, 0.1) is 35.1 Å². The van der Waals surface area contributed by atoms with Crippen LogP contribution >= 0.6 is 0 Å². The molecule has 52 heavy (non-hydrogen) atoms. The predicted molar refractivity (Wildman–Crippen MR) is 180 cm³/mol. The molecule has 0 aliphatic heterocycles. The summed E-state index contributed by atoms with van der Waals surface area (Å²) in [5.41, 5.74) is 1.28. The Kier molecular flexibility index (Phi) is 11.6. The van der Waals surface area contributed by atoms with Crippen LogP contribution in [0.15, 0.2) is 79.1 Å². The van der Waals surface area contributed by atoms with Gasteiger partial charge >= 0.3 is 12.3 Å². The summed E-state index contributed by atoms with van der Waals surface area (Å²) in [6.45, 7) is 4.51. The Morgan fingerprint density at radius 3 is 2.31 bits per heavy atom. The van der Waals surface area contributed by atoms with Crippen molar-refractivity contribution in [2.24, 2.45) is 0 Å². The second-order valence-corrected chi connectivity index (χ2v) is 11.6. The lowest BCUT2D eigenvalue weighted by Gasteiger charge is -2.12. The van der Waals surface area contributed by atoms with Crippen molar-refractivity contribution in [3.63, 3.8) is 0 Å². The van der Waals surface area contributed by atoms with E-state index in [1.807, 2.05) is 0 Å². The number of fused-ring (bicyclic) bond motifs is 1. The lowest BCUT2D eigenvalue weighted by atomic mass is 10.0. The van der Waals surface area contributed by atoms with E-state index in [1.165, 1.54) is 56.0 Å². The normalized spacial score (nSPS) is 11.4. The zero-order chi connectivity index (χ0) is 37.6. The van der Waals surface area contributed by atoms with E-state index in [9.17, 15) is 27.5 Å². The molecule has 0 fully saturated rings. The molecule has 272 valence electrons. The number of ether oxygens (including phenoxy) is 2. The number of aromatic carboxylic acids is 1. The van der Waals surface area contributed by atoms with E-state index in [-0.39, 0.29) is 69.3 Å². The molecular formula is C37H33F6N5O4. The molecule has 0 saturated carbocycles. The van der Waals surface area contributed by atoms with Gasteiger partial charge in [-0.05, 0) is 53.6 Å². The average Bonchev–Trinajstić information content (AvgIpc) is 3.74. The second-order valence-electron chi connectivity index (χ2n) is 11.6. The molecule has 0 atom stereocenters. The SMILES string of the molecule is CCC.COCCn1c(Cc2cc(F)c(-c3cccc(OCc4ccc(-c5cnn(C(F)(F)F)c5)cc4F)n3)cc2F)nc2ccc(C(=O)O)cc21. The van der Waals surface area contributed by atoms with E-state index in [1.54, 1.807) is 10.6 Å². The van der Waals surface area contributed by atoms with Gasteiger partial charge in [-0.3, -0.25) is 0 Å². The van der Waals surface area contributed by atoms with Crippen molar-refractivity contribution in [2.45, 2.75) is 46.1 Å². The molecule has 0 saturated heterocycles. The number of benzene rings is 3. The number of nitrogens with zero attached hydrogens (tertiary/aromatic N) is 5. The van der Waals surface area contributed by atoms with Crippen LogP contribution in [0.3, 0.4) is 0 Å². The third-order valence-electron chi connectivity index (χ3n) is 7.68. The van der Waals surface area contributed by atoms with Gasteiger partial charge in [0.2, 0.25) is 5.88 Å². The number of rotatable bonds is 11. The first kappa shape index (κ1) is 37.6. The maximum absolute atomic E-state index is 15.5. The van der Waals surface area contributed by atoms with E-state index in [4.69, 9.17) is 9.47 Å². The van der Waals surface area contributed by atoms with Gasteiger partial charge in [-0.15, -0.1) is 13.2 Å². The molecule has 6 rings (SSSR count). The lowest BCUT2D eigenvalue weighted by molar-refractivity contribution is -0.212. The molecule has 15 heteroatoms. The molecule has 3 aromatic carbocycles. The largest absolute Gasteiger partial charge is 0.504 e. The molecule has 0 bridgehead atoms. The summed E-state index contributed by atoms with van der Waals surface area (Å²) < 4.78 is 96.6. The molecule has 0 aliphatic carbocycles. The van der Waals surface area contributed by atoms with Gasteiger partial charge < -0.3 is 19.1 Å². The third-order valence-corrected chi connectivity index (χ3v) is 7.68. The van der Waals surface area contributed by atoms with E-state index >= 15 is 8.78 Å². The van der Waals surface area contributed by atoms with E-state index in [0.717, 1.165) is 30.6 Å². The standard InChI is InChI=1S/C34H25F6N5O4.C3H8/c1-48-10-9-44-30-13-20(33(46)47)7-8-29(30)42-31(44)14-22-12-27(37)24(15-26(22)36)28-3-2-4-32(43-28)49-18-21-6-5-19(11-25(21)35)23-16-41-45(17-23)34(38,39)40;1-3-2/h2-8,11-13,15-17H,9-10,14,18H2,1H3,(H,46,47);3H2,1-2H3. The minimum absolute atomic E-state index is 0.00533. The highest BCUT2D eigenvalue weighted by Gasteiger charge is 2.31. The number of hydrogen-bond acceptors (Lipinski definition) is 6. The number of methoxy groups -OCH3 is 1. The molecule has 9 nitrogen and oxygen atoms in total. The first-order valence-electron chi connectivity index (χ1n) is 16.0. The third kappa shape index (κ3) is 8.60. The number of alkyl halides is 3. The summed E-state index contributed by atoms with van der Waals surface area (Å²) in [6.07, 6.45) is -1.84. The van der Waals surface area contributed by atoms with Crippen molar-refractivity contribution in [1.29, 1.82) is 0 Å². The quantitative estimate of drug-likeness (QED) is 0.133. The summed E-state index contributed by atoms with van der Waals surface area (Å²) in [7, 11) is 1.50. The van der Waals surface area contributed by atoms with E-state index in [0.29, 0.717) is 23.4 Å². The second kappa shape index (κ2) is 16.1. The van der Waals surface area contributed by atoms with Crippen molar-refractivity contribution >= 4 is 17.0 Å². The number of carboxylic acid groups (broad SMARTS) is 1. The van der Waals surface area contributed by atoms with Crippen LogP contribution in [0, 0.1) is 17.5 Å². The first-order chi connectivity index (χ1) is 24.8. The molecular weight excluding hydrogens is 692 g/mol. The summed E-state index contributed by atoms with van der Waals surface area (Å²) in [5.74, 6) is -2.99. The zero-order valence-corrected chi connectivity index (χ0v) is 28.2. The number of imidazole rings is 1. The Morgan fingerprint density at radius 2 is 1.63 bits per heavy atom. The number of carbonyl (C=O) groups is 1. The highest BCUT2D eigenvalue weighted by atomic mass is 19.4. The molecule has 0 radical (unpaired) electrons.